The standard InChI is InChI=1S/C11H15N3O4/c1-13-7-12-5-8(13)10(15)14-3-4-18-6-9(14)11(16)17-2/h5,7,9H,3-4,6H2,1-2H3. The second kappa shape index (κ2) is 5.18. The Morgan fingerprint density at radius 2 is 2.33 bits per heavy atom. The smallest absolute Gasteiger partial charge is 0.331 e. The monoisotopic (exact) mass is 253 g/mol. The Labute approximate surface area is 104 Å². The van der Waals surface area contributed by atoms with E-state index in [0.29, 0.717) is 18.8 Å². The van der Waals surface area contributed by atoms with Gasteiger partial charge in [0.05, 0.1) is 32.8 Å². The van der Waals surface area contributed by atoms with Crippen LogP contribution in [0.4, 0.5) is 0 Å². The number of carbonyl (C=O) groups is 2. The molecule has 7 nitrogen and oxygen atoms in total. The van der Waals surface area contributed by atoms with Crippen LogP contribution in [-0.4, -0.2) is 59.2 Å². The number of ether oxygens (including phenoxy) is 2. The highest BCUT2D eigenvalue weighted by Crippen LogP contribution is 2.13. The predicted octanol–water partition coefficient (Wildman–Crippen LogP) is -0.566. The van der Waals surface area contributed by atoms with Crippen molar-refractivity contribution in [3.8, 4) is 0 Å². The van der Waals surface area contributed by atoms with Crippen LogP contribution in [0.25, 0.3) is 0 Å². The Bertz CT molecular complexity index is 457. The summed E-state index contributed by atoms with van der Waals surface area (Å²) < 4.78 is 11.5. The number of aryl methyl sites for hydroxylation is 1. The van der Waals surface area contributed by atoms with Crippen LogP contribution < -0.4 is 0 Å². The number of rotatable bonds is 2. The summed E-state index contributed by atoms with van der Waals surface area (Å²) in [6.45, 7) is 0.942. The van der Waals surface area contributed by atoms with Crippen molar-refractivity contribution in [3.63, 3.8) is 0 Å². The largest absolute Gasteiger partial charge is 0.467 e. The first-order valence-electron chi connectivity index (χ1n) is 5.58. The zero-order valence-electron chi connectivity index (χ0n) is 10.3. The average molecular weight is 253 g/mol. The number of imidazole rings is 1. The molecule has 7 heteroatoms. The Balaban J connectivity index is 2.21. The van der Waals surface area contributed by atoms with Crippen molar-refractivity contribution in [2.24, 2.45) is 7.05 Å². The Hall–Kier alpha value is -1.89. The summed E-state index contributed by atoms with van der Waals surface area (Å²) >= 11 is 0. The molecule has 0 N–H and O–H groups in total. The Morgan fingerprint density at radius 1 is 1.56 bits per heavy atom. The van der Waals surface area contributed by atoms with Gasteiger partial charge >= 0.3 is 5.97 Å². The lowest BCUT2D eigenvalue weighted by Crippen LogP contribution is -2.53. The number of aromatic nitrogens is 2. The minimum absolute atomic E-state index is 0.163. The number of hydrogen-bond donors (Lipinski definition) is 0. The quantitative estimate of drug-likeness (QED) is 0.660. The van der Waals surface area contributed by atoms with Crippen molar-refractivity contribution in [1.82, 2.24) is 14.5 Å². The number of hydrogen-bond acceptors (Lipinski definition) is 5. The number of esters is 1. The van der Waals surface area contributed by atoms with Gasteiger partial charge in [-0.3, -0.25) is 4.79 Å². The topological polar surface area (TPSA) is 73.7 Å². The fourth-order valence-corrected chi connectivity index (χ4v) is 1.89. The van der Waals surface area contributed by atoms with Crippen molar-refractivity contribution < 1.29 is 19.1 Å². The molecular formula is C11H15N3O4. The molecule has 1 aliphatic heterocycles. The van der Waals surface area contributed by atoms with Gasteiger partial charge in [0, 0.05) is 13.6 Å². The zero-order chi connectivity index (χ0) is 13.1. The van der Waals surface area contributed by atoms with Crippen LogP contribution in [-0.2, 0) is 21.3 Å². The Kier molecular flexibility index (Phi) is 3.61. The van der Waals surface area contributed by atoms with Crippen molar-refractivity contribution in [3.05, 3.63) is 18.2 Å². The van der Waals surface area contributed by atoms with Gasteiger partial charge in [0.25, 0.3) is 5.91 Å². The lowest BCUT2D eigenvalue weighted by Gasteiger charge is -2.33. The molecule has 18 heavy (non-hydrogen) atoms. The third kappa shape index (κ3) is 2.21. The third-order valence-corrected chi connectivity index (χ3v) is 2.90. The van der Waals surface area contributed by atoms with Crippen molar-refractivity contribution in [2.45, 2.75) is 6.04 Å². The fourth-order valence-electron chi connectivity index (χ4n) is 1.89. The third-order valence-electron chi connectivity index (χ3n) is 2.90. The van der Waals surface area contributed by atoms with E-state index in [-0.39, 0.29) is 12.5 Å². The molecule has 1 aromatic heterocycles. The molecular weight excluding hydrogens is 238 g/mol. The van der Waals surface area contributed by atoms with Crippen molar-refractivity contribution in [1.29, 1.82) is 0 Å². The van der Waals surface area contributed by atoms with Crippen molar-refractivity contribution in [2.75, 3.05) is 26.9 Å². The summed E-state index contributed by atoms with van der Waals surface area (Å²) in [6, 6.07) is -0.689. The summed E-state index contributed by atoms with van der Waals surface area (Å²) in [5.41, 5.74) is 0.436. The highest BCUT2D eigenvalue weighted by molar-refractivity contribution is 5.95. The van der Waals surface area contributed by atoms with Gasteiger partial charge in [-0.15, -0.1) is 0 Å². The van der Waals surface area contributed by atoms with E-state index in [4.69, 9.17) is 4.74 Å². The summed E-state index contributed by atoms with van der Waals surface area (Å²) in [4.78, 5) is 29.3. The summed E-state index contributed by atoms with van der Waals surface area (Å²) in [6.07, 6.45) is 3.02. The summed E-state index contributed by atoms with van der Waals surface area (Å²) in [7, 11) is 3.03. The van der Waals surface area contributed by atoms with E-state index in [1.807, 2.05) is 0 Å². The van der Waals surface area contributed by atoms with Crippen LogP contribution in [0.15, 0.2) is 12.5 Å². The van der Waals surface area contributed by atoms with Gasteiger partial charge in [-0.2, -0.15) is 0 Å². The van der Waals surface area contributed by atoms with Crippen LogP contribution in [0.1, 0.15) is 10.5 Å². The van der Waals surface area contributed by atoms with Gasteiger partial charge in [-0.25, -0.2) is 9.78 Å². The average Bonchev–Trinajstić information content (AvgIpc) is 2.83. The minimum atomic E-state index is -0.689. The molecule has 1 unspecified atom stereocenters. The minimum Gasteiger partial charge on any atom is -0.467 e. The van der Waals surface area contributed by atoms with E-state index < -0.39 is 12.0 Å². The highest BCUT2D eigenvalue weighted by atomic mass is 16.5. The van der Waals surface area contributed by atoms with Gasteiger partial charge in [-0.1, -0.05) is 0 Å². The lowest BCUT2D eigenvalue weighted by molar-refractivity contribution is -0.151. The van der Waals surface area contributed by atoms with Crippen LogP contribution in [0.3, 0.4) is 0 Å². The van der Waals surface area contributed by atoms with E-state index in [2.05, 4.69) is 9.72 Å². The molecule has 1 aliphatic rings. The number of nitrogens with zero attached hydrogens (tertiary/aromatic N) is 3. The number of methoxy groups -OCH3 is 1. The molecule has 0 aromatic carbocycles. The molecule has 0 saturated carbocycles. The molecule has 0 radical (unpaired) electrons. The second-order valence-electron chi connectivity index (χ2n) is 4.00. The summed E-state index contributed by atoms with van der Waals surface area (Å²) in [5, 5.41) is 0. The number of amides is 1. The van der Waals surface area contributed by atoms with Gasteiger partial charge in [0.2, 0.25) is 0 Å². The van der Waals surface area contributed by atoms with Crippen LogP contribution in [0.5, 0.6) is 0 Å². The number of morpholine rings is 1. The van der Waals surface area contributed by atoms with Gasteiger partial charge < -0.3 is 18.9 Å². The van der Waals surface area contributed by atoms with Crippen LogP contribution >= 0.6 is 0 Å². The molecule has 1 fully saturated rings. The molecule has 1 amide bonds. The normalized spacial score (nSPS) is 19.7. The molecule has 0 aliphatic carbocycles. The maximum absolute atomic E-state index is 12.3. The second-order valence-corrected chi connectivity index (χ2v) is 4.00. The molecule has 98 valence electrons. The zero-order valence-corrected chi connectivity index (χ0v) is 10.3. The van der Waals surface area contributed by atoms with Gasteiger partial charge in [-0.05, 0) is 0 Å². The van der Waals surface area contributed by atoms with E-state index in [1.165, 1.54) is 18.2 Å². The molecule has 1 atom stereocenters. The fraction of sp³-hybridized carbons (Fsp3) is 0.545. The first-order valence-corrected chi connectivity index (χ1v) is 5.58. The van der Waals surface area contributed by atoms with Gasteiger partial charge in [0.15, 0.2) is 6.04 Å². The van der Waals surface area contributed by atoms with E-state index >= 15 is 0 Å². The molecule has 1 saturated heterocycles. The first-order chi connectivity index (χ1) is 8.65. The van der Waals surface area contributed by atoms with E-state index in [1.54, 1.807) is 17.9 Å². The lowest BCUT2D eigenvalue weighted by atomic mass is 10.2. The highest BCUT2D eigenvalue weighted by Gasteiger charge is 2.34. The molecule has 1 aromatic rings. The maximum Gasteiger partial charge on any atom is 0.331 e. The molecule has 0 bridgehead atoms. The van der Waals surface area contributed by atoms with E-state index in [0.717, 1.165) is 0 Å². The Morgan fingerprint density at radius 3 is 2.94 bits per heavy atom. The van der Waals surface area contributed by atoms with Crippen LogP contribution in [0.2, 0.25) is 0 Å². The van der Waals surface area contributed by atoms with Gasteiger partial charge in [0.1, 0.15) is 5.69 Å². The predicted molar refractivity (Wildman–Crippen MR) is 60.9 cm³/mol. The van der Waals surface area contributed by atoms with E-state index in [9.17, 15) is 9.59 Å². The first kappa shape index (κ1) is 12.6. The summed E-state index contributed by atoms with van der Waals surface area (Å²) in [5.74, 6) is -0.709. The molecule has 0 spiro atoms. The maximum atomic E-state index is 12.3. The van der Waals surface area contributed by atoms with Crippen LogP contribution in [0, 0.1) is 0 Å². The van der Waals surface area contributed by atoms with Crippen molar-refractivity contribution >= 4 is 11.9 Å². The molecule has 2 heterocycles. The number of carbonyl (C=O) groups excluding carboxylic acids is 2. The molecule has 2 rings (SSSR count). The SMILES string of the molecule is COC(=O)C1COCCN1C(=O)c1cncn1C.